The van der Waals surface area contributed by atoms with E-state index < -0.39 is 5.95 Å². The number of halogens is 1. The van der Waals surface area contributed by atoms with E-state index in [1.54, 1.807) is 24.7 Å². The van der Waals surface area contributed by atoms with Crippen LogP contribution in [-0.4, -0.2) is 50.9 Å². The first-order valence-electron chi connectivity index (χ1n) is 8.49. The van der Waals surface area contributed by atoms with Crippen LogP contribution in [0.1, 0.15) is 0 Å². The molecular formula is C18H17FN8. The first-order valence-corrected chi connectivity index (χ1v) is 8.49. The van der Waals surface area contributed by atoms with Gasteiger partial charge in [-0.15, -0.1) is 10.2 Å². The molecule has 8 nitrogen and oxygen atoms in total. The summed E-state index contributed by atoms with van der Waals surface area (Å²) in [6, 6.07) is 4.65. The maximum absolute atomic E-state index is 13.2. The Labute approximate surface area is 155 Å². The van der Waals surface area contributed by atoms with Gasteiger partial charge < -0.3 is 14.4 Å². The number of nitrogens with zero attached hydrogens (tertiary/aromatic N) is 8. The molecule has 1 aliphatic rings. The lowest BCUT2D eigenvalue weighted by atomic mass is 10.1. The highest BCUT2D eigenvalue weighted by Crippen LogP contribution is 2.37. The van der Waals surface area contributed by atoms with Gasteiger partial charge in [0.25, 0.3) is 0 Å². The molecule has 0 radical (unpaired) electrons. The molecule has 1 fully saturated rings. The topological polar surface area (TPSA) is 67.3 Å². The minimum absolute atomic E-state index is 0.524. The molecule has 0 aliphatic carbocycles. The third kappa shape index (κ3) is 3.17. The van der Waals surface area contributed by atoms with Gasteiger partial charge in [-0.1, -0.05) is 0 Å². The van der Waals surface area contributed by atoms with Gasteiger partial charge in [0, 0.05) is 51.2 Å². The zero-order valence-electron chi connectivity index (χ0n) is 14.7. The third-order valence-electron chi connectivity index (χ3n) is 4.59. The van der Waals surface area contributed by atoms with E-state index in [0.717, 1.165) is 24.7 Å². The molecule has 9 heteroatoms. The van der Waals surface area contributed by atoms with E-state index in [2.05, 4.69) is 34.8 Å². The summed E-state index contributed by atoms with van der Waals surface area (Å²) in [5.74, 6) is 0.285. The molecular weight excluding hydrogens is 347 g/mol. The predicted octanol–water partition coefficient (Wildman–Crippen LogP) is 2.29. The number of piperazine rings is 1. The molecule has 27 heavy (non-hydrogen) atoms. The highest BCUT2D eigenvalue weighted by atomic mass is 19.1. The van der Waals surface area contributed by atoms with E-state index in [1.165, 1.54) is 12.3 Å². The first-order chi connectivity index (χ1) is 13.2. The zero-order chi connectivity index (χ0) is 18.8. The Hall–Kier alpha value is -3.54. The summed E-state index contributed by atoms with van der Waals surface area (Å²) in [7, 11) is 1.92. The Kier molecular flexibility index (Phi) is 4.38. The van der Waals surface area contributed by atoms with Gasteiger partial charge in [0.1, 0.15) is 6.33 Å². The number of hydrogen-bond acceptors (Lipinski definition) is 6. The molecule has 0 N–H and O–H groups in total. The second kappa shape index (κ2) is 6.99. The summed E-state index contributed by atoms with van der Waals surface area (Å²) in [6.45, 7) is 10.5. The lowest BCUT2D eigenvalue weighted by Gasteiger charge is -2.37. The van der Waals surface area contributed by atoms with E-state index in [1.807, 2.05) is 11.6 Å². The van der Waals surface area contributed by atoms with Crippen molar-refractivity contribution in [2.75, 3.05) is 36.0 Å². The van der Waals surface area contributed by atoms with Crippen LogP contribution in [0.15, 0.2) is 36.9 Å². The Bertz CT molecular complexity index is 983. The van der Waals surface area contributed by atoms with Gasteiger partial charge in [-0.25, -0.2) is 9.83 Å². The van der Waals surface area contributed by atoms with Crippen LogP contribution in [0.25, 0.3) is 16.1 Å². The first kappa shape index (κ1) is 16.9. The summed E-state index contributed by atoms with van der Waals surface area (Å²) in [6.07, 6.45) is 4.73. The molecule has 3 aromatic heterocycles. The summed E-state index contributed by atoms with van der Waals surface area (Å²) >= 11 is 0. The van der Waals surface area contributed by atoms with Crippen molar-refractivity contribution in [1.29, 1.82) is 0 Å². The molecule has 136 valence electrons. The molecule has 0 saturated carbocycles. The van der Waals surface area contributed by atoms with Crippen LogP contribution >= 0.6 is 0 Å². The smallest absolute Gasteiger partial charge is 0.226 e. The fourth-order valence-corrected chi connectivity index (χ4v) is 3.27. The molecule has 0 bridgehead atoms. The highest BCUT2D eigenvalue weighted by Gasteiger charge is 2.25. The molecule has 0 unspecified atom stereocenters. The number of pyridine rings is 2. The molecule has 4 rings (SSSR count). The second-order valence-electron chi connectivity index (χ2n) is 6.22. The van der Waals surface area contributed by atoms with Gasteiger partial charge >= 0.3 is 0 Å². The van der Waals surface area contributed by atoms with Crippen molar-refractivity contribution >= 4 is 17.3 Å². The SMILES string of the molecule is [C-]#[N+]c1ccnc(-c2ccc(F)nc2)c1N1CCN(c2nncn2C)CC1. The lowest BCUT2D eigenvalue weighted by molar-refractivity contribution is 0.584. The normalized spacial score (nSPS) is 14.3. The summed E-state index contributed by atoms with van der Waals surface area (Å²) in [5.41, 5.74) is 2.62. The van der Waals surface area contributed by atoms with Crippen molar-refractivity contribution < 1.29 is 4.39 Å². The molecule has 0 aromatic carbocycles. The Morgan fingerprint density at radius 1 is 1.07 bits per heavy atom. The van der Waals surface area contributed by atoms with E-state index in [0.29, 0.717) is 30.0 Å². The summed E-state index contributed by atoms with van der Waals surface area (Å²) in [5, 5.41) is 8.09. The van der Waals surface area contributed by atoms with Gasteiger partial charge in [0.2, 0.25) is 17.6 Å². The Balaban J connectivity index is 1.65. The molecule has 1 saturated heterocycles. The summed E-state index contributed by atoms with van der Waals surface area (Å²) in [4.78, 5) is 16.2. The van der Waals surface area contributed by atoms with Gasteiger partial charge in [0.15, 0.2) is 0 Å². The molecule has 4 heterocycles. The predicted molar refractivity (Wildman–Crippen MR) is 99.1 cm³/mol. The fourth-order valence-electron chi connectivity index (χ4n) is 3.27. The highest BCUT2D eigenvalue weighted by molar-refractivity contribution is 5.85. The van der Waals surface area contributed by atoms with Crippen LogP contribution in [0.3, 0.4) is 0 Å². The second-order valence-corrected chi connectivity index (χ2v) is 6.22. The molecule has 0 amide bonds. The fraction of sp³-hybridized carbons (Fsp3) is 0.278. The van der Waals surface area contributed by atoms with Crippen molar-refractivity contribution in [2.24, 2.45) is 7.05 Å². The molecule has 1 aliphatic heterocycles. The molecule has 3 aromatic rings. The monoisotopic (exact) mass is 364 g/mol. The minimum atomic E-state index is -0.543. The van der Waals surface area contributed by atoms with Crippen LogP contribution in [-0.2, 0) is 7.05 Å². The van der Waals surface area contributed by atoms with Gasteiger partial charge in [-0.05, 0) is 18.2 Å². The van der Waals surface area contributed by atoms with Crippen LogP contribution < -0.4 is 9.80 Å². The quantitative estimate of drug-likeness (QED) is 0.525. The zero-order valence-corrected chi connectivity index (χ0v) is 14.7. The van der Waals surface area contributed by atoms with Crippen molar-refractivity contribution in [2.45, 2.75) is 0 Å². The average molecular weight is 364 g/mol. The van der Waals surface area contributed by atoms with Crippen LogP contribution in [0.5, 0.6) is 0 Å². The van der Waals surface area contributed by atoms with Gasteiger partial charge in [-0.2, -0.15) is 4.39 Å². The number of hydrogen-bond donors (Lipinski definition) is 0. The maximum atomic E-state index is 13.2. The number of aromatic nitrogens is 5. The average Bonchev–Trinajstić information content (AvgIpc) is 3.14. The standard InChI is InChI=1S/C18H17FN8/c1-20-14-5-6-21-16(13-3-4-15(19)22-11-13)17(14)26-7-9-27(10-8-26)18-24-23-12-25(18)2/h3-6,11-12H,7-10H2,2H3. The van der Waals surface area contributed by atoms with Crippen molar-refractivity contribution in [1.82, 2.24) is 24.7 Å². The van der Waals surface area contributed by atoms with E-state index in [4.69, 9.17) is 6.57 Å². The minimum Gasteiger partial charge on any atom is -0.375 e. The third-order valence-corrected chi connectivity index (χ3v) is 4.59. The van der Waals surface area contributed by atoms with Crippen molar-refractivity contribution in [3.8, 4) is 11.3 Å². The Morgan fingerprint density at radius 3 is 2.48 bits per heavy atom. The number of rotatable bonds is 3. The van der Waals surface area contributed by atoms with E-state index in [9.17, 15) is 4.39 Å². The van der Waals surface area contributed by atoms with Gasteiger partial charge in [-0.3, -0.25) is 4.98 Å². The van der Waals surface area contributed by atoms with E-state index in [-0.39, 0.29) is 0 Å². The van der Waals surface area contributed by atoms with Crippen molar-refractivity contribution in [3.63, 3.8) is 0 Å². The lowest BCUT2D eigenvalue weighted by Crippen LogP contribution is -2.47. The number of anilines is 2. The molecule has 0 spiro atoms. The van der Waals surface area contributed by atoms with E-state index >= 15 is 0 Å². The molecule has 0 atom stereocenters. The van der Waals surface area contributed by atoms with Crippen LogP contribution in [0, 0.1) is 12.5 Å². The summed E-state index contributed by atoms with van der Waals surface area (Å²) < 4.78 is 15.1. The van der Waals surface area contributed by atoms with Crippen LogP contribution in [0.2, 0.25) is 0 Å². The number of aryl methyl sites for hydroxylation is 1. The van der Waals surface area contributed by atoms with Gasteiger partial charge in [0.05, 0.1) is 18.0 Å². The largest absolute Gasteiger partial charge is 0.375 e. The Morgan fingerprint density at radius 2 is 1.85 bits per heavy atom. The maximum Gasteiger partial charge on any atom is 0.226 e. The van der Waals surface area contributed by atoms with Crippen LogP contribution in [0.4, 0.5) is 21.7 Å². The van der Waals surface area contributed by atoms with Crippen molar-refractivity contribution in [3.05, 3.63) is 54.3 Å².